The molecule has 0 radical (unpaired) electrons. The second-order valence-corrected chi connectivity index (χ2v) is 11.1. The first-order valence-corrected chi connectivity index (χ1v) is 12.2. The summed E-state index contributed by atoms with van der Waals surface area (Å²) in [5, 5.41) is 3.73. The molecule has 4 aliphatic rings. The number of nitrogens with one attached hydrogen (secondary N) is 1. The van der Waals surface area contributed by atoms with Crippen molar-refractivity contribution in [2.45, 2.75) is 57.4 Å². The molecule has 2 unspecified atom stereocenters. The maximum Gasteiger partial charge on any atom is 0.194 e. The van der Waals surface area contributed by atoms with Gasteiger partial charge in [0.05, 0.1) is 18.1 Å². The van der Waals surface area contributed by atoms with Crippen molar-refractivity contribution in [3.05, 3.63) is 0 Å². The molecule has 1 aliphatic carbocycles. The zero-order valence-electron chi connectivity index (χ0n) is 16.2. The van der Waals surface area contributed by atoms with Gasteiger partial charge in [0, 0.05) is 37.7 Å². The molecule has 1 N–H and O–H groups in total. The van der Waals surface area contributed by atoms with E-state index in [1.54, 1.807) is 0 Å². The molecule has 0 aromatic heterocycles. The number of sulfone groups is 1. The quantitative estimate of drug-likeness (QED) is 0.358. The number of guanidine groups is 1. The van der Waals surface area contributed by atoms with Gasteiger partial charge in [-0.25, -0.2) is 8.42 Å². The largest absolute Gasteiger partial charge is 0.381 e. The number of likely N-dealkylation sites (tertiary alicyclic amines) is 1. The van der Waals surface area contributed by atoms with Crippen LogP contribution in [0.5, 0.6) is 0 Å². The van der Waals surface area contributed by atoms with Crippen molar-refractivity contribution in [1.82, 2.24) is 10.2 Å². The van der Waals surface area contributed by atoms with E-state index in [2.05, 4.69) is 10.2 Å². The minimum absolute atomic E-state index is 0. The topological polar surface area (TPSA) is 71.0 Å². The first kappa shape index (κ1) is 21.6. The number of halogens is 1. The van der Waals surface area contributed by atoms with Gasteiger partial charge in [-0.15, -0.1) is 24.0 Å². The molecule has 4 rings (SSSR count). The van der Waals surface area contributed by atoms with Crippen LogP contribution in [0.2, 0.25) is 0 Å². The Kier molecular flexibility index (Phi) is 7.33. The fourth-order valence-corrected chi connectivity index (χ4v) is 6.83. The van der Waals surface area contributed by atoms with Gasteiger partial charge in [0.25, 0.3) is 0 Å². The van der Waals surface area contributed by atoms with Gasteiger partial charge in [0.15, 0.2) is 15.8 Å². The van der Waals surface area contributed by atoms with E-state index < -0.39 is 9.84 Å². The lowest BCUT2D eigenvalue weighted by atomic mass is 9.87. The average molecular weight is 511 g/mol. The van der Waals surface area contributed by atoms with Crippen LogP contribution in [0.15, 0.2) is 4.99 Å². The van der Waals surface area contributed by atoms with E-state index >= 15 is 0 Å². The number of nitrogens with zero attached hydrogens (tertiary/aromatic N) is 2. The van der Waals surface area contributed by atoms with E-state index in [-0.39, 0.29) is 29.9 Å². The maximum absolute atomic E-state index is 11.7. The minimum atomic E-state index is -2.83. The van der Waals surface area contributed by atoms with E-state index in [9.17, 15) is 8.42 Å². The van der Waals surface area contributed by atoms with Crippen molar-refractivity contribution in [3.63, 3.8) is 0 Å². The molecule has 6 nitrogen and oxygen atoms in total. The fourth-order valence-electron chi connectivity index (χ4n) is 4.99. The Labute approximate surface area is 180 Å². The maximum atomic E-state index is 11.7. The van der Waals surface area contributed by atoms with Gasteiger partial charge in [-0.2, -0.15) is 0 Å². The SMILES string of the molecule is I.O=S1(=O)CCC(CN=C(NC2CCCCC2)N2CCC3(CCOC3)C2)C1. The van der Waals surface area contributed by atoms with Crippen LogP contribution >= 0.6 is 24.0 Å². The van der Waals surface area contributed by atoms with Gasteiger partial charge in [-0.1, -0.05) is 19.3 Å². The van der Waals surface area contributed by atoms with Crippen molar-refractivity contribution in [3.8, 4) is 0 Å². The fraction of sp³-hybridized carbons (Fsp3) is 0.947. The standard InChI is InChI=1S/C19H33N3O3S.HI/c23-26(24)11-6-16(13-26)12-20-18(21-17-4-2-1-3-5-17)22-9-7-19(14-22)8-10-25-15-19;/h16-17H,1-15H2,(H,20,21);1H. The molecule has 0 aromatic rings. The molecular formula is C19H34IN3O3S. The number of hydrogen-bond donors (Lipinski definition) is 1. The predicted molar refractivity (Wildman–Crippen MR) is 119 cm³/mol. The molecule has 0 aromatic carbocycles. The molecule has 3 saturated heterocycles. The second kappa shape index (κ2) is 9.15. The highest BCUT2D eigenvalue weighted by molar-refractivity contribution is 14.0. The summed E-state index contributed by atoms with van der Waals surface area (Å²) in [7, 11) is -2.83. The van der Waals surface area contributed by atoms with Crippen LogP contribution in [-0.4, -0.2) is 69.7 Å². The second-order valence-electron chi connectivity index (χ2n) is 8.89. The Balaban J connectivity index is 0.00000210. The third-order valence-corrected chi connectivity index (χ3v) is 8.52. The molecule has 156 valence electrons. The summed E-state index contributed by atoms with van der Waals surface area (Å²) in [5.41, 5.74) is 0.311. The molecule has 0 amide bonds. The Bertz CT molecular complexity index is 628. The van der Waals surface area contributed by atoms with E-state index in [4.69, 9.17) is 9.73 Å². The molecule has 1 saturated carbocycles. The number of aliphatic imine (C=N–C) groups is 1. The van der Waals surface area contributed by atoms with Gasteiger partial charge in [-0.3, -0.25) is 4.99 Å². The number of ether oxygens (including phenoxy) is 1. The van der Waals surface area contributed by atoms with E-state index in [0.717, 1.165) is 45.1 Å². The number of rotatable bonds is 3. The third-order valence-electron chi connectivity index (χ3n) is 6.69. The summed E-state index contributed by atoms with van der Waals surface area (Å²) in [6.45, 7) is 4.45. The van der Waals surface area contributed by atoms with Crippen molar-refractivity contribution in [2.75, 3.05) is 44.4 Å². The van der Waals surface area contributed by atoms with Crippen molar-refractivity contribution in [2.24, 2.45) is 16.3 Å². The first-order chi connectivity index (χ1) is 12.5. The van der Waals surface area contributed by atoms with Gasteiger partial charge >= 0.3 is 0 Å². The highest BCUT2D eigenvalue weighted by Gasteiger charge is 2.42. The summed E-state index contributed by atoms with van der Waals surface area (Å²) in [6, 6.07) is 0.520. The number of hydrogen-bond acceptors (Lipinski definition) is 4. The normalized spacial score (nSPS) is 34.1. The molecule has 3 heterocycles. The zero-order chi connectivity index (χ0) is 18.0. The molecule has 0 bridgehead atoms. The van der Waals surface area contributed by atoms with Crippen LogP contribution in [-0.2, 0) is 14.6 Å². The molecule has 1 spiro atoms. The third kappa shape index (κ3) is 5.50. The van der Waals surface area contributed by atoms with Crippen LogP contribution in [0, 0.1) is 11.3 Å². The molecule has 3 aliphatic heterocycles. The van der Waals surface area contributed by atoms with E-state index in [1.807, 2.05) is 0 Å². The van der Waals surface area contributed by atoms with Crippen LogP contribution in [0.1, 0.15) is 51.4 Å². The smallest absolute Gasteiger partial charge is 0.194 e. The van der Waals surface area contributed by atoms with Gasteiger partial charge in [-0.05, 0) is 38.0 Å². The van der Waals surface area contributed by atoms with E-state index in [1.165, 1.54) is 38.5 Å². The molecule has 27 heavy (non-hydrogen) atoms. The summed E-state index contributed by atoms with van der Waals surface area (Å²) < 4.78 is 29.2. The molecule has 2 atom stereocenters. The predicted octanol–water partition coefficient (Wildman–Crippen LogP) is 2.43. The van der Waals surface area contributed by atoms with Crippen LogP contribution in [0.3, 0.4) is 0 Å². The van der Waals surface area contributed by atoms with Gasteiger partial charge in [0.2, 0.25) is 0 Å². The zero-order valence-corrected chi connectivity index (χ0v) is 19.3. The summed E-state index contributed by atoms with van der Waals surface area (Å²) in [6.07, 6.45) is 9.47. The molecule has 8 heteroatoms. The van der Waals surface area contributed by atoms with Gasteiger partial charge in [0.1, 0.15) is 0 Å². The Morgan fingerprint density at radius 1 is 1.19 bits per heavy atom. The van der Waals surface area contributed by atoms with Gasteiger partial charge < -0.3 is 15.0 Å². The summed E-state index contributed by atoms with van der Waals surface area (Å²) >= 11 is 0. The molecule has 4 fully saturated rings. The Morgan fingerprint density at radius 3 is 2.67 bits per heavy atom. The summed E-state index contributed by atoms with van der Waals surface area (Å²) in [5.74, 6) is 1.85. The average Bonchev–Trinajstić information content (AvgIpc) is 3.34. The monoisotopic (exact) mass is 511 g/mol. The van der Waals surface area contributed by atoms with Crippen molar-refractivity contribution >= 4 is 39.8 Å². The summed E-state index contributed by atoms with van der Waals surface area (Å²) in [4.78, 5) is 7.34. The highest BCUT2D eigenvalue weighted by atomic mass is 127. The van der Waals surface area contributed by atoms with Crippen LogP contribution in [0.25, 0.3) is 0 Å². The van der Waals surface area contributed by atoms with Crippen LogP contribution < -0.4 is 5.32 Å². The Morgan fingerprint density at radius 2 is 2.00 bits per heavy atom. The van der Waals surface area contributed by atoms with Crippen LogP contribution in [0.4, 0.5) is 0 Å². The first-order valence-electron chi connectivity index (χ1n) is 10.4. The lowest BCUT2D eigenvalue weighted by Crippen LogP contribution is -2.46. The lowest BCUT2D eigenvalue weighted by molar-refractivity contribution is 0.156. The highest BCUT2D eigenvalue weighted by Crippen LogP contribution is 2.38. The Hall–Kier alpha value is -0.0900. The lowest BCUT2D eigenvalue weighted by Gasteiger charge is -2.30. The van der Waals surface area contributed by atoms with E-state index in [0.29, 0.717) is 29.5 Å². The van der Waals surface area contributed by atoms with Crippen molar-refractivity contribution in [1.29, 1.82) is 0 Å². The minimum Gasteiger partial charge on any atom is -0.381 e. The van der Waals surface area contributed by atoms with Crippen molar-refractivity contribution < 1.29 is 13.2 Å². The molecular weight excluding hydrogens is 477 g/mol.